The quantitative estimate of drug-likeness (QED) is 0.557. The van der Waals surface area contributed by atoms with Crippen LogP contribution in [0.1, 0.15) is 10.4 Å². The maximum atomic E-state index is 11.4. The van der Waals surface area contributed by atoms with E-state index in [0.717, 1.165) is 0 Å². The Labute approximate surface area is 82.1 Å². The summed E-state index contributed by atoms with van der Waals surface area (Å²) in [5, 5.41) is 2.31. The topological polar surface area (TPSA) is 46.2 Å². The molecule has 1 amide bonds. The number of ketones is 1. The van der Waals surface area contributed by atoms with Gasteiger partial charge < -0.3 is 5.32 Å². The summed E-state index contributed by atoms with van der Waals surface area (Å²) in [5.74, 6) is 1.14. The Morgan fingerprint density at radius 3 is 2.50 bits per heavy atom. The molecule has 1 aromatic carbocycles. The number of nitrogens with one attached hydrogen (secondary N) is 1. The number of carbonyl (C=O) groups excluding carboxylic acids is 2. The Morgan fingerprint density at radius 2 is 1.93 bits per heavy atom. The van der Waals surface area contributed by atoms with Gasteiger partial charge in [0.15, 0.2) is 5.78 Å². The molecule has 0 atom stereocenters. The van der Waals surface area contributed by atoms with Crippen molar-refractivity contribution in [1.82, 2.24) is 5.32 Å². The van der Waals surface area contributed by atoms with E-state index in [1.165, 1.54) is 0 Å². The summed E-state index contributed by atoms with van der Waals surface area (Å²) in [7, 11) is 0. The molecule has 0 saturated carbocycles. The average Bonchev–Trinajstić information content (AvgIpc) is 2.26. The van der Waals surface area contributed by atoms with Crippen LogP contribution in [0.3, 0.4) is 0 Å². The summed E-state index contributed by atoms with van der Waals surface area (Å²) in [6.45, 7) is -0.0625. The SMILES string of the molecule is C#CC(=O)NCC(=O)c1ccccc1. The van der Waals surface area contributed by atoms with Crippen LogP contribution >= 0.6 is 0 Å². The van der Waals surface area contributed by atoms with Gasteiger partial charge in [0.05, 0.1) is 6.54 Å². The lowest BCUT2D eigenvalue weighted by atomic mass is 10.1. The average molecular weight is 187 g/mol. The first-order valence-electron chi connectivity index (χ1n) is 4.06. The lowest BCUT2D eigenvalue weighted by Gasteiger charge is -2.00. The van der Waals surface area contributed by atoms with Crippen molar-refractivity contribution in [2.75, 3.05) is 6.54 Å². The van der Waals surface area contributed by atoms with Gasteiger partial charge >= 0.3 is 0 Å². The van der Waals surface area contributed by atoms with Gasteiger partial charge in [-0.1, -0.05) is 30.3 Å². The fraction of sp³-hybridized carbons (Fsp3) is 0.0909. The van der Waals surface area contributed by atoms with Gasteiger partial charge in [0, 0.05) is 5.56 Å². The molecule has 14 heavy (non-hydrogen) atoms. The standard InChI is InChI=1S/C11H9NO2/c1-2-11(14)12-8-10(13)9-6-4-3-5-7-9/h1,3-7H,8H2,(H,12,14). The molecule has 70 valence electrons. The first-order chi connectivity index (χ1) is 6.74. The van der Waals surface area contributed by atoms with E-state index in [-0.39, 0.29) is 12.3 Å². The van der Waals surface area contributed by atoms with E-state index in [2.05, 4.69) is 5.32 Å². The molecule has 0 aromatic heterocycles. The molecule has 3 heteroatoms. The third-order valence-corrected chi connectivity index (χ3v) is 1.64. The predicted octanol–water partition coefficient (Wildman–Crippen LogP) is 0.619. The van der Waals surface area contributed by atoms with E-state index in [9.17, 15) is 9.59 Å². The van der Waals surface area contributed by atoms with Gasteiger partial charge in [-0.15, -0.1) is 6.42 Å². The number of amides is 1. The van der Waals surface area contributed by atoms with Gasteiger partial charge in [-0.2, -0.15) is 0 Å². The molecule has 0 unspecified atom stereocenters. The molecule has 0 aliphatic rings. The molecule has 1 aromatic rings. The van der Waals surface area contributed by atoms with Gasteiger partial charge in [-0.05, 0) is 5.92 Å². The number of carbonyl (C=O) groups is 2. The molecule has 1 N–H and O–H groups in total. The monoisotopic (exact) mass is 187 g/mol. The number of hydrogen-bond donors (Lipinski definition) is 1. The summed E-state index contributed by atoms with van der Waals surface area (Å²) in [6.07, 6.45) is 4.82. The van der Waals surface area contributed by atoms with E-state index in [1.807, 2.05) is 12.0 Å². The highest BCUT2D eigenvalue weighted by Crippen LogP contribution is 1.98. The first-order valence-corrected chi connectivity index (χ1v) is 4.06. The van der Waals surface area contributed by atoms with Crippen LogP contribution in [0.4, 0.5) is 0 Å². The van der Waals surface area contributed by atoms with Gasteiger partial charge in [-0.25, -0.2) is 0 Å². The summed E-state index contributed by atoms with van der Waals surface area (Å²) in [6, 6.07) is 8.71. The molecule has 0 aliphatic carbocycles. The molecule has 0 aliphatic heterocycles. The van der Waals surface area contributed by atoms with Crippen molar-refractivity contribution in [3.63, 3.8) is 0 Å². The minimum Gasteiger partial charge on any atom is -0.338 e. The van der Waals surface area contributed by atoms with Crippen molar-refractivity contribution in [1.29, 1.82) is 0 Å². The Kier molecular flexibility index (Phi) is 3.45. The zero-order valence-electron chi connectivity index (χ0n) is 7.49. The van der Waals surface area contributed by atoms with Gasteiger partial charge in [-0.3, -0.25) is 9.59 Å². The lowest BCUT2D eigenvalue weighted by molar-refractivity contribution is -0.115. The van der Waals surface area contributed by atoms with Crippen LogP contribution in [0.2, 0.25) is 0 Å². The lowest BCUT2D eigenvalue weighted by Crippen LogP contribution is -2.28. The van der Waals surface area contributed by atoms with Gasteiger partial charge in [0.25, 0.3) is 5.91 Å². The van der Waals surface area contributed by atoms with Gasteiger partial charge in [0.1, 0.15) is 0 Å². The van der Waals surface area contributed by atoms with Crippen molar-refractivity contribution in [3.8, 4) is 12.3 Å². The van der Waals surface area contributed by atoms with E-state index in [1.54, 1.807) is 24.3 Å². The number of terminal acetylenes is 1. The number of benzene rings is 1. The highest BCUT2D eigenvalue weighted by Gasteiger charge is 2.05. The third-order valence-electron chi connectivity index (χ3n) is 1.64. The van der Waals surface area contributed by atoms with Crippen molar-refractivity contribution in [2.24, 2.45) is 0 Å². The van der Waals surface area contributed by atoms with Gasteiger partial charge in [0.2, 0.25) is 0 Å². The normalized spacial score (nSPS) is 8.79. The highest BCUT2D eigenvalue weighted by atomic mass is 16.2. The van der Waals surface area contributed by atoms with Crippen LogP contribution in [-0.4, -0.2) is 18.2 Å². The van der Waals surface area contributed by atoms with Crippen LogP contribution in [-0.2, 0) is 4.79 Å². The molecule has 0 fully saturated rings. The van der Waals surface area contributed by atoms with Crippen molar-refractivity contribution < 1.29 is 9.59 Å². The fourth-order valence-corrected chi connectivity index (χ4v) is 0.938. The Morgan fingerprint density at radius 1 is 1.29 bits per heavy atom. The Bertz CT molecular complexity index is 376. The maximum Gasteiger partial charge on any atom is 0.296 e. The third kappa shape index (κ3) is 2.76. The smallest absolute Gasteiger partial charge is 0.296 e. The van der Waals surface area contributed by atoms with Crippen LogP contribution in [0.25, 0.3) is 0 Å². The Balaban J connectivity index is 2.53. The van der Waals surface area contributed by atoms with E-state index in [0.29, 0.717) is 5.56 Å². The van der Waals surface area contributed by atoms with Crippen LogP contribution in [0.5, 0.6) is 0 Å². The number of rotatable bonds is 3. The molecule has 0 saturated heterocycles. The van der Waals surface area contributed by atoms with Crippen molar-refractivity contribution >= 4 is 11.7 Å². The molecular formula is C11H9NO2. The summed E-state index contributed by atoms with van der Waals surface area (Å²) < 4.78 is 0. The van der Waals surface area contributed by atoms with Crippen LogP contribution in [0, 0.1) is 12.3 Å². The summed E-state index contributed by atoms with van der Waals surface area (Å²) >= 11 is 0. The van der Waals surface area contributed by atoms with Crippen molar-refractivity contribution in [3.05, 3.63) is 35.9 Å². The summed E-state index contributed by atoms with van der Waals surface area (Å²) in [5.41, 5.74) is 0.560. The van der Waals surface area contributed by atoms with E-state index >= 15 is 0 Å². The van der Waals surface area contributed by atoms with E-state index < -0.39 is 5.91 Å². The molecule has 0 radical (unpaired) electrons. The molecular weight excluding hydrogens is 178 g/mol. The maximum absolute atomic E-state index is 11.4. The molecule has 1 rings (SSSR count). The molecule has 0 spiro atoms. The number of Topliss-reactive ketones (excluding diaryl/α,β-unsaturated/α-hetero) is 1. The fourth-order valence-electron chi connectivity index (χ4n) is 0.938. The molecule has 0 heterocycles. The summed E-state index contributed by atoms with van der Waals surface area (Å²) in [4.78, 5) is 22.0. The molecule has 3 nitrogen and oxygen atoms in total. The minimum absolute atomic E-state index is 0.0625. The van der Waals surface area contributed by atoms with Crippen LogP contribution in [0.15, 0.2) is 30.3 Å². The second-order valence-corrected chi connectivity index (χ2v) is 2.62. The Hall–Kier alpha value is -2.08. The van der Waals surface area contributed by atoms with Crippen molar-refractivity contribution in [2.45, 2.75) is 0 Å². The zero-order chi connectivity index (χ0) is 10.4. The minimum atomic E-state index is -0.575. The largest absolute Gasteiger partial charge is 0.338 e. The predicted molar refractivity (Wildman–Crippen MR) is 52.6 cm³/mol. The van der Waals surface area contributed by atoms with E-state index in [4.69, 9.17) is 6.42 Å². The zero-order valence-corrected chi connectivity index (χ0v) is 7.49. The number of hydrogen-bond acceptors (Lipinski definition) is 2. The second-order valence-electron chi connectivity index (χ2n) is 2.62. The second kappa shape index (κ2) is 4.83. The first kappa shape index (κ1) is 10.0. The molecule has 0 bridgehead atoms. The van der Waals surface area contributed by atoms with Crippen LogP contribution < -0.4 is 5.32 Å². The highest BCUT2D eigenvalue weighted by molar-refractivity contribution is 6.01.